The van der Waals surface area contributed by atoms with Gasteiger partial charge in [0.05, 0.1) is 5.69 Å². The predicted molar refractivity (Wildman–Crippen MR) is 56.6 cm³/mol. The van der Waals surface area contributed by atoms with Gasteiger partial charge in [-0.05, 0) is 13.3 Å². The van der Waals surface area contributed by atoms with Crippen LogP contribution in [0, 0.1) is 6.92 Å². The van der Waals surface area contributed by atoms with Crippen molar-refractivity contribution in [1.29, 1.82) is 0 Å². The highest BCUT2D eigenvalue weighted by atomic mass is 79.9. The lowest BCUT2D eigenvalue weighted by Gasteiger charge is -2.14. The first kappa shape index (κ1) is 11.2. The van der Waals surface area contributed by atoms with Crippen LogP contribution in [0.15, 0.2) is 10.8 Å². The van der Waals surface area contributed by atoms with Gasteiger partial charge in [-0.15, -0.1) is 0 Å². The largest absolute Gasteiger partial charge is 0.438 e. The molecular weight excluding hydrogens is 248 g/mol. The van der Waals surface area contributed by atoms with Gasteiger partial charge in [0.15, 0.2) is 6.39 Å². The van der Waals surface area contributed by atoms with E-state index >= 15 is 0 Å². The Kier molecular flexibility index (Phi) is 4.13. The fourth-order valence-corrected chi connectivity index (χ4v) is 1.33. The zero-order valence-electron chi connectivity index (χ0n) is 8.29. The van der Waals surface area contributed by atoms with Crippen LogP contribution in [-0.4, -0.2) is 34.7 Å². The van der Waals surface area contributed by atoms with E-state index in [1.165, 1.54) is 6.39 Å². The highest BCUT2D eigenvalue weighted by molar-refractivity contribution is 9.09. The number of alkyl halides is 1. The quantitative estimate of drug-likeness (QED) is 0.777. The fraction of sp³-hybridized carbons (Fsp3) is 0.556. The number of carbonyl (C=O) groups excluding carboxylic acids is 1. The summed E-state index contributed by atoms with van der Waals surface area (Å²) in [6, 6.07) is 0. The molecule has 0 unspecified atom stereocenters. The molecule has 1 aromatic rings. The molecule has 0 saturated heterocycles. The second-order valence-corrected chi connectivity index (χ2v) is 3.83. The molecule has 1 heterocycles. The molecule has 0 aromatic carbocycles. The summed E-state index contributed by atoms with van der Waals surface area (Å²) >= 11 is 3.32. The van der Waals surface area contributed by atoms with Crippen LogP contribution < -0.4 is 0 Å². The maximum atomic E-state index is 11.7. The lowest BCUT2D eigenvalue weighted by Crippen LogP contribution is -2.28. The minimum absolute atomic E-state index is 0.110. The van der Waals surface area contributed by atoms with Crippen LogP contribution in [0.2, 0.25) is 0 Å². The van der Waals surface area contributed by atoms with Gasteiger partial charge < -0.3 is 9.32 Å². The summed E-state index contributed by atoms with van der Waals surface area (Å²) in [5, 5.41) is 0.889. The highest BCUT2D eigenvalue weighted by Gasteiger charge is 2.17. The average molecular weight is 261 g/mol. The molecular formula is C9H13BrN2O2. The van der Waals surface area contributed by atoms with Crippen LogP contribution in [0.4, 0.5) is 0 Å². The normalized spacial score (nSPS) is 10.2. The number of hydrogen-bond acceptors (Lipinski definition) is 3. The Morgan fingerprint density at radius 3 is 2.93 bits per heavy atom. The zero-order chi connectivity index (χ0) is 10.6. The van der Waals surface area contributed by atoms with Gasteiger partial charge in [-0.25, -0.2) is 4.98 Å². The molecule has 1 amide bonds. The molecule has 1 aromatic heterocycles. The van der Waals surface area contributed by atoms with Gasteiger partial charge in [-0.1, -0.05) is 15.9 Å². The SMILES string of the molecule is Cc1ncoc1C(=O)N(C)CCCBr. The summed E-state index contributed by atoms with van der Waals surface area (Å²) in [7, 11) is 1.76. The Morgan fingerprint density at radius 2 is 2.43 bits per heavy atom. The lowest BCUT2D eigenvalue weighted by atomic mass is 10.3. The number of rotatable bonds is 4. The zero-order valence-corrected chi connectivity index (χ0v) is 9.87. The van der Waals surface area contributed by atoms with Crippen LogP contribution in [0.5, 0.6) is 0 Å². The molecule has 5 heteroatoms. The van der Waals surface area contributed by atoms with E-state index in [9.17, 15) is 4.79 Å². The molecule has 0 aliphatic heterocycles. The number of oxazole rings is 1. The minimum atomic E-state index is -0.110. The van der Waals surface area contributed by atoms with Gasteiger partial charge in [-0.3, -0.25) is 4.79 Å². The first-order valence-corrected chi connectivity index (χ1v) is 5.50. The number of aromatic nitrogens is 1. The van der Waals surface area contributed by atoms with E-state index in [1.54, 1.807) is 18.9 Å². The van der Waals surface area contributed by atoms with Crippen molar-refractivity contribution >= 4 is 21.8 Å². The third-order valence-electron chi connectivity index (χ3n) is 1.91. The molecule has 0 saturated carbocycles. The standard InChI is InChI=1S/C9H13BrN2O2/c1-7-8(14-6-11-7)9(13)12(2)5-3-4-10/h6H,3-5H2,1-2H3. The molecule has 0 radical (unpaired) electrons. The van der Waals surface area contributed by atoms with Gasteiger partial charge in [0, 0.05) is 18.9 Å². The van der Waals surface area contributed by atoms with Crippen molar-refractivity contribution in [2.45, 2.75) is 13.3 Å². The third-order valence-corrected chi connectivity index (χ3v) is 2.47. The Balaban J connectivity index is 2.61. The van der Waals surface area contributed by atoms with E-state index in [0.29, 0.717) is 18.0 Å². The van der Waals surface area contributed by atoms with E-state index in [1.807, 2.05) is 0 Å². The van der Waals surface area contributed by atoms with Gasteiger partial charge in [0.1, 0.15) is 0 Å². The predicted octanol–water partition coefficient (Wildman–Crippen LogP) is 1.84. The van der Waals surface area contributed by atoms with Crippen molar-refractivity contribution in [2.24, 2.45) is 0 Å². The Labute approximate surface area is 91.4 Å². The van der Waals surface area contributed by atoms with Crippen molar-refractivity contribution in [3.8, 4) is 0 Å². The Bertz CT molecular complexity index is 312. The third kappa shape index (κ3) is 2.57. The molecule has 0 bridgehead atoms. The number of nitrogens with zero attached hydrogens (tertiary/aromatic N) is 2. The maximum absolute atomic E-state index is 11.7. The molecule has 0 fully saturated rings. The minimum Gasteiger partial charge on any atom is -0.438 e. The number of amides is 1. The van der Waals surface area contributed by atoms with Gasteiger partial charge in [0.25, 0.3) is 5.91 Å². The maximum Gasteiger partial charge on any atom is 0.291 e. The molecule has 4 nitrogen and oxygen atoms in total. The molecule has 0 spiro atoms. The number of hydrogen-bond donors (Lipinski definition) is 0. The fourth-order valence-electron chi connectivity index (χ4n) is 1.08. The van der Waals surface area contributed by atoms with E-state index in [-0.39, 0.29) is 5.91 Å². The van der Waals surface area contributed by atoms with Gasteiger partial charge >= 0.3 is 0 Å². The molecule has 0 aliphatic carbocycles. The smallest absolute Gasteiger partial charge is 0.291 e. The van der Waals surface area contributed by atoms with Crippen LogP contribution in [0.1, 0.15) is 22.7 Å². The number of carbonyl (C=O) groups is 1. The van der Waals surface area contributed by atoms with Crippen molar-refractivity contribution < 1.29 is 9.21 Å². The van der Waals surface area contributed by atoms with E-state index in [0.717, 1.165) is 11.8 Å². The molecule has 0 aliphatic rings. The summed E-state index contributed by atoms with van der Waals surface area (Å²) in [6.07, 6.45) is 2.22. The molecule has 0 atom stereocenters. The Hall–Kier alpha value is -0.840. The van der Waals surface area contributed by atoms with Gasteiger partial charge in [-0.2, -0.15) is 0 Å². The summed E-state index contributed by atoms with van der Waals surface area (Å²) in [4.78, 5) is 17.2. The second-order valence-electron chi connectivity index (χ2n) is 3.04. The van der Waals surface area contributed by atoms with Crippen molar-refractivity contribution in [2.75, 3.05) is 18.9 Å². The lowest BCUT2D eigenvalue weighted by molar-refractivity contribution is 0.0763. The number of aryl methyl sites for hydroxylation is 1. The molecule has 14 heavy (non-hydrogen) atoms. The summed E-state index contributed by atoms with van der Waals surface area (Å²) in [5.41, 5.74) is 0.640. The topological polar surface area (TPSA) is 46.3 Å². The van der Waals surface area contributed by atoms with Crippen molar-refractivity contribution in [1.82, 2.24) is 9.88 Å². The van der Waals surface area contributed by atoms with E-state index in [4.69, 9.17) is 4.42 Å². The second kappa shape index (κ2) is 5.14. The molecule has 0 N–H and O–H groups in total. The summed E-state index contributed by atoms with van der Waals surface area (Å²) < 4.78 is 5.01. The first-order chi connectivity index (χ1) is 6.66. The summed E-state index contributed by atoms with van der Waals surface area (Å²) in [6.45, 7) is 2.47. The van der Waals surface area contributed by atoms with Crippen molar-refractivity contribution in [3.05, 3.63) is 17.8 Å². The number of halogens is 1. The van der Waals surface area contributed by atoms with Crippen LogP contribution in [-0.2, 0) is 0 Å². The monoisotopic (exact) mass is 260 g/mol. The van der Waals surface area contributed by atoms with E-state index < -0.39 is 0 Å². The van der Waals surface area contributed by atoms with E-state index in [2.05, 4.69) is 20.9 Å². The van der Waals surface area contributed by atoms with Crippen LogP contribution in [0.3, 0.4) is 0 Å². The van der Waals surface area contributed by atoms with Crippen molar-refractivity contribution in [3.63, 3.8) is 0 Å². The first-order valence-electron chi connectivity index (χ1n) is 4.38. The summed E-state index contributed by atoms with van der Waals surface area (Å²) in [5.74, 6) is 0.225. The van der Waals surface area contributed by atoms with Crippen LogP contribution in [0.25, 0.3) is 0 Å². The van der Waals surface area contributed by atoms with Gasteiger partial charge in [0.2, 0.25) is 5.76 Å². The Morgan fingerprint density at radius 1 is 1.71 bits per heavy atom. The molecule has 1 rings (SSSR count). The molecule has 78 valence electrons. The van der Waals surface area contributed by atoms with Crippen LogP contribution >= 0.6 is 15.9 Å². The highest BCUT2D eigenvalue weighted by Crippen LogP contribution is 2.08. The average Bonchev–Trinajstić information content (AvgIpc) is 2.59.